The maximum Gasteiger partial charge on any atom is 0.328 e. The Morgan fingerprint density at radius 1 is 1.29 bits per heavy atom. The molecule has 0 aliphatic heterocycles. The Morgan fingerprint density at radius 2 is 1.82 bits per heavy atom. The van der Waals surface area contributed by atoms with Crippen LogP contribution in [0.25, 0.3) is 0 Å². The predicted octanol–water partition coefficient (Wildman–Crippen LogP) is -0.167. The Kier molecular flexibility index (Phi) is 4.06. The van der Waals surface area contributed by atoms with E-state index >= 15 is 0 Å². The van der Waals surface area contributed by atoms with E-state index in [4.69, 9.17) is 10.8 Å². The van der Waals surface area contributed by atoms with Crippen LogP contribution in [0.5, 0.6) is 0 Å². The molecule has 0 bridgehead atoms. The number of hydrogen-bond donors (Lipinski definition) is 4. The van der Waals surface area contributed by atoms with Gasteiger partial charge < -0.3 is 21.3 Å². The maximum absolute atomic E-state index is 11.6. The average molecular weight is 238 g/mol. The third-order valence-electron chi connectivity index (χ3n) is 2.21. The molecule has 17 heavy (non-hydrogen) atoms. The smallest absolute Gasteiger partial charge is 0.328 e. The summed E-state index contributed by atoms with van der Waals surface area (Å²) in [6, 6.07) is 4.69. The van der Waals surface area contributed by atoms with Gasteiger partial charge in [-0.15, -0.1) is 0 Å². The maximum atomic E-state index is 11.6. The molecule has 1 aromatic carbocycles. The number of carbonyl (C=O) groups is 2. The van der Waals surface area contributed by atoms with Crippen LogP contribution in [0.3, 0.4) is 0 Å². The van der Waals surface area contributed by atoms with Crippen molar-refractivity contribution in [2.45, 2.75) is 19.1 Å². The molecule has 2 atom stereocenters. The third-order valence-corrected chi connectivity index (χ3v) is 2.21. The van der Waals surface area contributed by atoms with Gasteiger partial charge in [0.2, 0.25) is 0 Å². The zero-order valence-electron chi connectivity index (χ0n) is 9.25. The van der Waals surface area contributed by atoms with Crippen molar-refractivity contribution in [1.29, 1.82) is 0 Å². The summed E-state index contributed by atoms with van der Waals surface area (Å²) in [4.78, 5) is 22.4. The Balaban J connectivity index is 2.77. The Labute approximate surface area is 98.1 Å². The van der Waals surface area contributed by atoms with Crippen LogP contribution in [0.1, 0.15) is 17.3 Å². The van der Waals surface area contributed by atoms with Crippen LogP contribution in [-0.4, -0.2) is 34.2 Å². The lowest BCUT2D eigenvalue weighted by Crippen LogP contribution is -2.47. The lowest BCUT2D eigenvalue weighted by Gasteiger charge is -2.16. The summed E-state index contributed by atoms with van der Waals surface area (Å²) in [6.45, 7) is 1.29. The monoisotopic (exact) mass is 238 g/mol. The summed E-state index contributed by atoms with van der Waals surface area (Å²) < 4.78 is 0. The SMILES string of the molecule is CC(O)[C@H](NC(=O)c1ccc(N)cc1)C(=O)O. The topological polar surface area (TPSA) is 113 Å². The molecule has 0 aliphatic rings. The number of aliphatic hydroxyl groups is 1. The normalized spacial score (nSPS) is 13.8. The highest BCUT2D eigenvalue weighted by atomic mass is 16.4. The average Bonchev–Trinajstić information content (AvgIpc) is 2.25. The molecule has 0 saturated heterocycles. The molecule has 6 heteroatoms. The largest absolute Gasteiger partial charge is 0.480 e. The van der Waals surface area contributed by atoms with Crippen LogP contribution < -0.4 is 11.1 Å². The van der Waals surface area contributed by atoms with E-state index in [2.05, 4.69) is 5.32 Å². The number of carboxylic acids is 1. The first-order chi connectivity index (χ1) is 7.91. The van der Waals surface area contributed by atoms with Gasteiger partial charge in [0.05, 0.1) is 6.10 Å². The van der Waals surface area contributed by atoms with Crippen molar-refractivity contribution < 1.29 is 19.8 Å². The van der Waals surface area contributed by atoms with E-state index in [1.54, 1.807) is 0 Å². The first-order valence-corrected chi connectivity index (χ1v) is 4.99. The van der Waals surface area contributed by atoms with Gasteiger partial charge >= 0.3 is 5.97 Å². The molecule has 0 aromatic heterocycles. The Morgan fingerprint density at radius 3 is 2.24 bits per heavy atom. The minimum Gasteiger partial charge on any atom is -0.480 e. The second kappa shape index (κ2) is 5.31. The van der Waals surface area contributed by atoms with E-state index in [0.29, 0.717) is 5.69 Å². The number of aliphatic carboxylic acids is 1. The second-order valence-electron chi connectivity index (χ2n) is 3.65. The highest BCUT2D eigenvalue weighted by Crippen LogP contribution is 2.06. The standard InChI is InChI=1S/C11H14N2O4/c1-6(14)9(11(16)17)13-10(15)7-2-4-8(12)5-3-7/h2-6,9,14H,12H2,1H3,(H,13,15)(H,16,17)/t6?,9-/m0/s1. The first kappa shape index (κ1) is 13.0. The fraction of sp³-hybridized carbons (Fsp3) is 0.273. The number of carbonyl (C=O) groups excluding carboxylic acids is 1. The number of aliphatic hydroxyl groups excluding tert-OH is 1. The zero-order chi connectivity index (χ0) is 13.0. The molecule has 0 aliphatic carbocycles. The number of hydrogen-bond acceptors (Lipinski definition) is 4. The minimum atomic E-state index is -1.33. The molecule has 92 valence electrons. The lowest BCUT2D eigenvalue weighted by molar-refractivity contribution is -0.141. The van der Waals surface area contributed by atoms with Crippen LogP contribution in [0.4, 0.5) is 5.69 Å². The minimum absolute atomic E-state index is 0.283. The molecule has 0 heterocycles. The van der Waals surface area contributed by atoms with Crippen molar-refractivity contribution in [2.75, 3.05) is 5.73 Å². The van der Waals surface area contributed by atoms with Crippen molar-refractivity contribution in [3.8, 4) is 0 Å². The number of carboxylic acid groups (broad SMARTS) is 1. The van der Waals surface area contributed by atoms with Gasteiger partial charge in [-0.05, 0) is 31.2 Å². The number of anilines is 1. The van der Waals surface area contributed by atoms with Gasteiger partial charge in [0.15, 0.2) is 6.04 Å². The Hall–Kier alpha value is -2.08. The molecule has 1 amide bonds. The molecule has 1 unspecified atom stereocenters. The van der Waals surface area contributed by atoms with E-state index in [1.807, 2.05) is 0 Å². The number of nitrogen functional groups attached to an aromatic ring is 1. The predicted molar refractivity (Wildman–Crippen MR) is 61.4 cm³/mol. The van der Waals surface area contributed by atoms with Crippen LogP contribution >= 0.6 is 0 Å². The summed E-state index contributed by atoms with van der Waals surface area (Å²) in [5.74, 6) is -1.86. The van der Waals surface area contributed by atoms with E-state index in [-0.39, 0.29) is 5.56 Å². The number of rotatable bonds is 4. The lowest BCUT2D eigenvalue weighted by atomic mass is 10.1. The molecular formula is C11H14N2O4. The van der Waals surface area contributed by atoms with Crippen LogP contribution in [0.2, 0.25) is 0 Å². The van der Waals surface area contributed by atoms with E-state index in [0.717, 1.165) is 0 Å². The van der Waals surface area contributed by atoms with Crippen LogP contribution in [-0.2, 0) is 4.79 Å². The van der Waals surface area contributed by atoms with E-state index < -0.39 is 24.0 Å². The van der Waals surface area contributed by atoms with Crippen LogP contribution in [0, 0.1) is 0 Å². The second-order valence-corrected chi connectivity index (χ2v) is 3.65. The quantitative estimate of drug-likeness (QED) is 0.544. The van der Waals surface area contributed by atoms with Gasteiger partial charge in [-0.2, -0.15) is 0 Å². The van der Waals surface area contributed by atoms with E-state index in [1.165, 1.54) is 31.2 Å². The van der Waals surface area contributed by atoms with Crippen molar-refractivity contribution in [3.05, 3.63) is 29.8 Å². The van der Waals surface area contributed by atoms with Gasteiger partial charge in [-0.25, -0.2) is 4.79 Å². The summed E-state index contributed by atoms with van der Waals surface area (Å²) in [6.07, 6.45) is -1.18. The molecule has 5 N–H and O–H groups in total. The van der Waals surface area contributed by atoms with Crippen molar-refractivity contribution >= 4 is 17.6 Å². The number of nitrogens with one attached hydrogen (secondary N) is 1. The van der Waals surface area contributed by atoms with Gasteiger partial charge in [0.1, 0.15) is 0 Å². The van der Waals surface area contributed by atoms with Gasteiger partial charge in [0.25, 0.3) is 5.91 Å². The van der Waals surface area contributed by atoms with Gasteiger partial charge in [-0.3, -0.25) is 4.79 Å². The van der Waals surface area contributed by atoms with Crippen molar-refractivity contribution in [1.82, 2.24) is 5.32 Å². The summed E-state index contributed by atoms with van der Waals surface area (Å²) in [5.41, 5.74) is 6.25. The fourth-order valence-electron chi connectivity index (χ4n) is 1.25. The van der Waals surface area contributed by atoms with Crippen molar-refractivity contribution in [2.24, 2.45) is 0 Å². The van der Waals surface area contributed by atoms with Crippen molar-refractivity contribution in [3.63, 3.8) is 0 Å². The third kappa shape index (κ3) is 3.46. The highest BCUT2D eigenvalue weighted by molar-refractivity contribution is 5.96. The summed E-state index contributed by atoms with van der Waals surface area (Å²) in [5, 5.41) is 20.2. The van der Waals surface area contributed by atoms with Crippen LogP contribution in [0.15, 0.2) is 24.3 Å². The molecule has 6 nitrogen and oxygen atoms in total. The highest BCUT2D eigenvalue weighted by Gasteiger charge is 2.25. The number of benzene rings is 1. The first-order valence-electron chi connectivity index (χ1n) is 4.99. The molecule has 0 fully saturated rings. The molecule has 0 spiro atoms. The zero-order valence-corrected chi connectivity index (χ0v) is 9.25. The van der Waals surface area contributed by atoms with E-state index in [9.17, 15) is 14.7 Å². The summed E-state index contributed by atoms with van der Waals surface area (Å²) >= 11 is 0. The van der Waals surface area contributed by atoms with Gasteiger partial charge in [-0.1, -0.05) is 0 Å². The van der Waals surface area contributed by atoms with Gasteiger partial charge in [0, 0.05) is 11.3 Å². The number of nitrogens with two attached hydrogens (primary N) is 1. The summed E-state index contributed by atoms with van der Waals surface area (Å²) in [7, 11) is 0. The fourth-order valence-corrected chi connectivity index (χ4v) is 1.25. The molecule has 0 saturated carbocycles. The Bertz CT molecular complexity index is 414. The number of amides is 1. The molecular weight excluding hydrogens is 224 g/mol. The molecule has 1 rings (SSSR count). The molecule has 0 radical (unpaired) electrons. The molecule has 1 aromatic rings.